The van der Waals surface area contributed by atoms with Crippen LogP contribution in [0.15, 0.2) is 12.7 Å². The van der Waals surface area contributed by atoms with Crippen molar-refractivity contribution in [2.75, 3.05) is 13.1 Å². The van der Waals surface area contributed by atoms with Crippen LogP contribution in [0.4, 0.5) is 4.79 Å². The lowest BCUT2D eigenvalue weighted by atomic mass is 10.3. The summed E-state index contributed by atoms with van der Waals surface area (Å²) < 4.78 is 0. The fourth-order valence-electron chi connectivity index (χ4n) is 1.38. The molecule has 0 saturated carbocycles. The molecule has 0 aromatic rings. The predicted molar refractivity (Wildman–Crippen MR) is 46.3 cm³/mol. The van der Waals surface area contributed by atoms with Crippen molar-refractivity contribution in [3.05, 3.63) is 12.7 Å². The first-order valence-electron chi connectivity index (χ1n) is 4.04. The van der Waals surface area contributed by atoms with Gasteiger partial charge in [-0.2, -0.15) is 0 Å². The first-order chi connectivity index (χ1) is 6.13. The van der Waals surface area contributed by atoms with Crippen LogP contribution in [-0.4, -0.2) is 41.1 Å². The lowest BCUT2D eigenvalue weighted by molar-refractivity contribution is -0.125. The van der Waals surface area contributed by atoms with E-state index in [-0.39, 0.29) is 11.9 Å². The molecule has 0 aromatic carbocycles. The molecule has 2 amide bonds. The third-order valence-electron chi connectivity index (χ3n) is 2.00. The maximum absolute atomic E-state index is 11.1. The fraction of sp³-hybridized carbons (Fsp3) is 0.500. The molecular formula is C8H12N2O3. The van der Waals surface area contributed by atoms with Gasteiger partial charge in [-0.25, -0.2) is 4.79 Å². The minimum Gasteiger partial charge on any atom is -0.465 e. The minimum atomic E-state index is -1.04. The largest absolute Gasteiger partial charge is 0.465 e. The van der Waals surface area contributed by atoms with Crippen molar-refractivity contribution in [2.24, 2.45) is 0 Å². The van der Waals surface area contributed by atoms with Crippen molar-refractivity contribution >= 4 is 12.0 Å². The number of nitrogens with zero attached hydrogens (tertiary/aromatic N) is 1. The van der Waals surface area contributed by atoms with Gasteiger partial charge in [-0.1, -0.05) is 6.58 Å². The lowest BCUT2D eigenvalue weighted by Crippen LogP contribution is -2.37. The van der Waals surface area contributed by atoms with Crippen LogP contribution in [0.1, 0.15) is 6.42 Å². The molecule has 5 nitrogen and oxygen atoms in total. The highest BCUT2D eigenvalue weighted by Gasteiger charge is 2.25. The number of hydrogen-bond donors (Lipinski definition) is 2. The molecule has 0 spiro atoms. The highest BCUT2D eigenvalue weighted by molar-refractivity contribution is 5.87. The number of carbonyl (C=O) groups is 2. The van der Waals surface area contributed by atoms with Crippen LogP contribution in [0.5, 0.6) is 0 Å². The summed E-state index contributed by atoms with van der Waals surface area (Å²) in [7, 11) is 0. The van der Waals surface area contributed by atoms with E-state index in [4.69, 9.17) is 5.11 Å². The molecule has 72 valence electrons. The zero-order valence-electron chi connectivity index (χ0n) is 7.19. The molecule has 1 atom stereocenters. The second-order valence-electron chi connectivity index (χ2n) is 2.92. The van der Waals surface area contributed by atoms with E-state index in [1.807, 2.05) is 0 Å². The molecule has 2 N–H and O–H groups in total. The van der Waals surface area contributed by atoms with Gasteiger partial charge in [0.2, 0.25) is 5.91 Å². The van der Waals surface area contributed by atoms with Crippen LogP contribution in [0.3, 0.4) is 0 Å². The number of nitrogens with one attached hydrogen (secondary N) is 1. The molecule has 0 aliphatic carbocycles. The highest BCUT2D eigenvalue weighted by Crippen LogP contribution is 2.09. The average Bonchev–Trinajstić information content (AvgIpc) is 2.50. The molecule has 13 heavy (non-hydrogen) atoms. The number of hydrogen-bond acceptors (Lipinski definition) is 2. The van der Waals surface area contributed by atoms with E-state index < -0.39 is 6.09 Å². The van der Waals surface area contributed by atoms with Gasteiger partial charge in [-0.05, 0) is 12.5 Å². The van der Waals surface area contributed by atoms with Crippen LogP contribution in [0, 0.1) is 0 Å². The third-order valence-corrected chi connectivity index (χ3v) is 2.00. The van der Waals surface area contributed by atoms with E-state index >= 15 is 0 Å². The van der Waals surface area contributed by atoms with Gasteiger partial charge in [0.05, 0.1) is 6.04 Å². The number of carbonyl (C=O) groups excluding carboxylic acids is 1. The molecule has 1 rings (SSSR count). The summed E-state index contributed by atoms with van der Waals surface area (Å²) >= 11 is 0. The number of likely N-dealkylation sites (tertiary alicyclic amines) is 1. The minimum absolute atomic E-state index is 0.138. The lowest BCUT2D eigenvalue weighted by Gasteiger charge is -2.13. The van der Waals surface area contributed by atoms with E-state index in [1.165, 1.54) is 6.08 Å². The molecule has 1 aliphatic rings. The molecule has 1 fully saturated rings. The summed E-state index contributed by atoms with van der Waals surface area (Å²) in [5.74, 6) is -0.144. The molecule has 5 heteroatoms. The Balaban J connectivity index is 2.40. The normalized spacial score (nSPS) is 21.2. The Morgan fingerprint density at radius 3 is 2.85 bits per heavy atom. The number of carboxylic acid groups (broad SMARTS) is 1. The number of amides is 2. The van der Waals surface area contributed by atoms with E-state index in [2.05, 4.69) is 11.9 Å². The Morgan fingerprint density at radius 1 is 1.62 bits per heavy atom. The quantitative estimate of drug-likeness (QED) is 0.595. The van der Waals surface area contributed by atoms with Crippen LogP contribution in [-0.2, 0) is 4.79 Å². The molecule has 0 unspecified atom stereocenters. The van der Waals surface area contributed by atoms with E-state index in [0.717, 1.165) is 0 Å². The van der Waals surface area contributed by atoms with Crippen molar-refractivity contribution in [2.45, 2.75) is 12.5 Å². The average molecular weight is 184 g/mol. The van der Waals surface area contributed by atoms with Crippen LogP contribution in [0.25, 0.3) is 0 Å². The van der Waals surface area contributed by atoms with Crippen LogP contribution >= 0.6 is 0 Å². The summed E-state index contributed by atoms with van der Waals surface area (Å²) in [6, 6.07) is -0.138. The fourth-order valence-corrected chi connectivity index (χ4v) is 1.38. The van der Waals surface area contributed by atoms with E-state index in [9.17, 15) is 9.59 Å². The van der Waals surface area contributed by atoms with Gasteiger partial charge in [0.15, 0.2) is 0 Å². The molecule has 0 bridgehead atoms. The predicted octanol–water partition coefficient (Wildman–Crippen LogP) is 0.0409. The van der Waals surface area contributed by atoms with Crippen LogP contribution in [0.2, 0.25) is 0 Å². The van der Waals surface area contributed by atoms with Gasteiger partial charge in [0, 0.05) is 13.1 Å². The standard InChI is InChI=1S/C8H12N2O3/c1-2-7(11)10-4-3-6(5-10)9-8(12)13/h2,6,9H,1,3-5H2,(H,12,13)/t6-/m1/s1. The molecule has 1 saturated heterocycles. The molecule has 0 aromatic heterocycles. The van der Waals surface area contributed by atoms with E-state index in [1.54, 1.807) is 4.90 Å². The van der Waals surface area contributed by atoms with Gasteiger partial charge in [0.1, 0.15) is 0 Å². The Bertz CT molecular complexity index is 240. The zero-order chi connectivity index (χ0) is 9.84. The van der Waals surface area contributed by atoms with Crippen molar-refractivity contribution in [1.29, 1.82) is 0 Å². The number of rotatable bonds is 2. The van der Waals surface area contributed by atoms with Gasteiger partial charge in [-0.15, -0.1) is 0 Å². The van der Waals surface area contributed by atoms with Crippen molar-refractivity contribution in [1.82, 2.24) is 10.2 Å². The Morgan fingerprint density at radius 2 is 2.31 bits per heavy atom. The Labute approximate surface area is 76.0 Å². The van der Waals surface area contributed by atoms with Gasteiger partial charge in [0.25, 0.3) is 0 Å². The first-order valence-corrected chi connectivity index (χ1v) is 4.04. The van der Waals surface area contributed by atoms with E-state index in [0.29, 0.717) is 19.5 Å². The van der Waals surface area contributed by atoms with Gasteiger partial charge >= 0.3 is 6.09 Å². The van der Waals surface area contributed by atoms with Gasteiger partial charge < -0.3 is 15.3 Å². The monoisotopic (exact) mass is 184 g/mol. The summed E-state index contributed by atoms with van der Waals surface area (Å²) in [6.07, 6.45) is 0.868. The Kier molecular flexibility index (Phi) is 2.89. The van der Waals surface area contributed by atoms with Crippen LogP contribution < -0.4 is 5.32 Å². The molecule has 1 heterocycles. The SMILES string of the molecule is C=CC(=O)N1CC[C@@H](NC(=O)O)C1. The molecule has 1 aliphatic heterocycles. The maximum Gasteiger partial charge on any atom is 0.404 e. The first kappa shape index (κ1) is 9.57. The van der Waals surface area contributed by atoms with Gasteiger partial charge in [-0.3, -0.25) is 4.79 Å². The van der Waals surface area contributed by atoms with Crippen molar-refractivity contribution in [3.8, 4) is 0 Å². The van der Waals surface area contributed by atoms with Crippen molar-refractivity contribution in [3.63, 3.8) is 0 Å². The summed E-state index contributed by atoms with van der Waals surface area (Å²) in [5.41, 5.74) is 0. The van der Waals surface area contributed by atoms with Crippen molar-refractivity contribution < 1.29 is 14.7 Å². The third kappa shape index (κ3) is 2.47. The highest BCUT2D eigenvalue weighted by atomic mass is 16.4. The second kappa shape index (κ2) is 3.93. The zero-order valence-corrected chi connectivity index (χ0v) is 7.19. The summed E-state index contributed by atoms with van der Waals surface area (Å²) in [4.78, 5) is 22.9. The summed E-state index contributed by atoms with van der Waals surface area (Å²) in [6.45, 7) is 4.40. The topological polar surface area (TPSA) is 69.6 Å². The smallest absolute Gasteiger partial charge is 0.404 e. The Hall–Kier alpha value is -1.52. The summed E-state index contributed by atoms with van der Waals surface area (Å²) in [5, 5.41) is 10.8. The maximum atomic E-state index is 11.1. The second-order valence-corrected chi connectivity index (χ2v) is 2.92. The molecular weight excluding hydrogens is 172 g/mol. The molecule has 0 radical (unpaired) electrons.